The molecule has 0 bridgehead atoms. The van der Waals surface area contributed by atoms with E-state index in [2.05, 4.69) is 23.6 Å². The summed E-state index contributed by atoms with van der Waals surface area (Å²) in [5, 5.41) is 6.85. The number of hydrogen-bond acceptors (Lipinski definition) is 7. The molecular weight excluding hydrogens is 480 g/mol. The van der Waals surface area contributed by atoms with Gasteiger partial charge in [0.25, 0.3) is 10.9 Å². The van der Waals surface area contributed by atoms with Gasteiger partial charge in [-0.3, -0.25) is 14.9 Å². The molecule has 1 unspecified atom stereocenters. The van der Waals surface area contributed by atoms with Gasteiger partial charge in [0, 0.05) is 11.7 Å². The van der Waals surface area contributed by atoms with Crippen molar-refractivity contribution in [2.45, 2.75) is 45.4 Å². The van der Waals surface area contributed by atoms with E-state index < -0.39 is 16.5 Å². The standard InChI is InChI=1S/C31H34N2O5/c1-19(21-9-8-12-25(18-21)37-6)32-26(20-13-15-24(36-5)16-14-20)22-10-7-11-23(17-22)33-27-28(34)29(35)30(27)38-31(2,3)4/h7-19,26,32-33H,1-6H3/t19-,26?/m1/s1. The molecule has 4 aromatic carbocycles. The van der Waals surface area contributed by atoms with Gasteiger partial charge >= 0.3 is 0 Å². The van der Waals surface area contributed by atoms with E-state index in [0.29, 0.717) is 5.69 Å². The molecule has 2 atom stereocenters. The van der Waals surface area contributed by atoms with Crippen molar-refractivity contribution in [3.8, 4) is 17.2 Å². The highest BCUT2D eigenvalue weighted by atomic mass is 16.5. The fraction of sp³-hybridized carbons (Fsp3) is 0.290. The second-order valence-corrected chi connectivity index (χ2v) is 10.2. The third-order valence-corrected chi connectivity index (χ3v) is 6.22. The summed E-state index contributed by atoms with van der Waals surface area (Å²) < 4.78 is 16.5. The van der Waals surface area contributed by atoms with Gasteiger partial charge in [-0.1, -0.05) is 36.4 Å². The lowest BCUT2D eigenvalue weighted by molar-refractivity contribution is 0.128. The lowest BCUT2D eigenvalue weighted by Gasteiger charge is -2.26. The highest BCUT2D eigenvalue weighted by Crippen LogP contribution is 2.32. The van der Waals surface area contributed by atoms with E-state index in [1.165, 1.54) is 0 Å². The molecule has 0 aliphatic carbocycles. The van der Waals surface area contributed by atoms with Crippen molar-refractivity contribution in [3.63, 3.8) is 0 Å². The summed E-state index contributed by atoms with van der Waals surface area (Å²) in [6.07, 6.45) is 0. The Hall–Kier alpha value is -4.10. The number of ether oxygens (including phenoxy) is 3. The number of nitrogens with one attached hydrogen (secondary N) is 2. The Morgan fingerprint density at radius 2 is 1.39 bits per heavy atom. The first-order valence-electron chi connectivity index (χ1n) is 12.5. The quantitative estimate of drug-likeness (QED) is 0.264. The van der Waals surface area contributed by atoms with E-state index in [9.17, 15) is 9.59 Å². The Morgan fingerprint density at radius 1 is 0.737 bits per heavy atom. The van der Waals surface area contributed by atoms with Crippen LogP contribution in [0.1, 0.15) is 56.5 Å². The minimum absolute atomic E-state index is 0.00542. The number of rotatable bonds is 10. The van der Waals surface area contributed by atoms with Gasteiger partial charge in [-0.05, 0) is 80.8 Å². The molecule has 0 saturated carbocycles. The zero-order chi connectivity index (χ0) is 27.4. The molecule has 0 radical (unpaired) electrons. The maximum atomic E-state index is 12.3. The third-order valence-electron chi connectivity index (χ3n) is 6.22. The van der Waals surface area contributed by atoms with E-state index >= 15 is 0 Å². The van der Waals surface area contributed by atoms with E-state index in [0.717, 1.165) is 28.2 Å². The highest BCUT2D eigenvalue weighted by Gasteiger charge is 2.27. The largest absolute Gasteiger partial charge is 0.497 e. The summed E-state index contributed by atoms with van der Waals surface area (Å²) >= 11 is 0. The fourth-order valence-electron chi connectivity index (χ4n) is 4.27. The van der Waals surface area contributed by atoms with Crippen LogP contribution in [0.5, 0.6) is 17.2 Å². The van der Waals surface area contributed by atoms with Crippen LogP contribution in [-0.4, -0.2) is 19.8 Å². The normalized spacial score (nSPS) is 13.1. The molecule has 0 aliphatic rings. The molecule has 7 nitrogen and oxygen atoms in total. The predicted molar refractivity (Wildman–Crippen MR) is 151 cm³/mol. The number of hydrogen-bond donors (Lipinski definition) is 2. The minimum atomic E-state index is -0.608. The predicted octanol–water partition coefficient (Wildman–Crippen LogP) is 5.66. The van der Waals surface area contributed by atoms with Crippen LogP contribution in [0, 0.1) is 0 Å². The van der Waals surface area contributed by atoms with Gasteiger partial charge in [0.2, 0.25) is 0 Å². The minimum Gasteiger partial charge on any atom is -0.497 e. The van der Waals surface area contributed by atoms with E-state index in [4.69, 9.17) is 14.2 Å². The lowest BCUT2D eigenvalue weighted by atomic mass is 9.96. The van der Waals surface area contributed by atoms with Crippen LogP contribution in [0.2, 0.25) is 0 Å². The van der Waals surface area contributed by atoms with E-state index in [-0.39, 0.29) is 23.5 Å². The molecule has 4 aromatic rings. The average molecular weight is 515 g/mol. The summed E-state index contributed by atoms with van der Waals surface area (Å²) in [6, 6.07) is 23.5. The number of methoxy groups -OCH3 is 2. The molecule has 0 aliphatic heterocycles. The summed E-state index contributed by atoms with van der Waals surface area (Å²) in [7, 11) is 3.30. The van der Waals surface area contributed by atoms with Crippen molar-refractivity contribution in [2.24, 2.45) is 0 Å². The van der Waals surface area contributed by atoms with Crippen molar-refractivity contribution >= 4 is 11.4 Å². The Kier molecular flexibility index (Phi) is 7.88. The molecule has 38 heavy (non-hydrogen) atoms. The topological polar surface area (TPSA) is 85.9 Å². The van der Waals surface area contributed by atoms with Gasteiger partial charge in [-0.15, -0.1) is 0 Å². The molecule has 198 valence electrons. The molecule has 0 fully saturated rings. The molecule has 7 heteroatoms. The first-order valence-corrected chi connectivity index (χ1v) is 12.5. The lowest BCUT2D eigenvalue weighted by Crippen LogP contribution is -2.39. The zero-order valence-corrected chi connectivity index (χ0v) is 22.6. The van der Waals surface area contributed by atoms with Crippen LogP contribution >= 0.6 is 0 Å². The van der Waals surface area contributed by atoms with Gasteiger partial charge in [-0.2, -0.15) is 0 Å². The number of anilines is 2. The van der Waals surface area contributed by atoms with Crippen LogP contribution < -0.4 is 35.7 Å². The van der Waals surface area contributed by atoms with Crippen molar-refractivity contribution in [1.29, 1.82) is 0 Å². The molecule has 4 rings (SSSR count). The molecular formula is C31H34N2O5. The smallest absolute Gasteiger partial charge is 0.272 e. The second kappa shape index (κ2) is 11.1. The van der Waals surface area contributed by atoms with Crippen molar-refractivity contribution in [3.05, 3.63) is 110 Å². The van der Waals surface area contributed by atoms with Gasteiger partial charge in [0.1, 0.15) is 22.8 Å². The summed E-state index contributed by atoms with van der Waals surface area (Å²) in [5.41, 5.74) is 2.19. The number of benzene rings is 3. The van der Waals surface area contributed by atoms with Crippen LogP contribution in [0.4, 0.5) is 11.4 Å². The van der Waals surface area contributed by atoms with Crippen LogP contribution in [-0.2, 0) is 0 Å². The van der Waals surface area contributed by atoms with Crippen molar-refractivity contribution in [1.82, 2.24) is 5.32 Å². The maximum Gasteiger partial charge on any atom is 0.272 e. The van der Waals surface area contributed by atoms with Crippen molar-refractivity contribution < 1.29 is 14.2 Å². The van der Waals surface area contributed by atoms with Crippen LogP contribution in [0.3, 0.4) is 0 Å². The first-order chi connectivity index (χ1) is 18.1. The van der Waals surface area contributed by atoms with Gasteiger partial charge in [0.05, 0.1) is 20.3 Å². The molecule has 0 saturated heterocycles. The Bertz CT molecular complexity index is 1460. The van der Waals surface area contributed by atoms with Crippen LogP contribution in [0.15, 0.2) is 82.4 Å². The monoisotopic (exact) mass is 514 g/mol. The maximum absolute atomic E-state index is 12.3. The summed E-state index contributed by atoms with van der Waals surface area (Å²) in [4.78, 5) is 24.5. The molecule has 0 aromatic heterocycles. The SMILES string of the molecule is COc1ccc(C(N[C@H](C)c2cccc(OC)c2)c2cccc(Nc3c(OC(C)(C)C)c(=O)c3=O)c2)cc1. The van der Waals surface area contributed by atoms with E-state index in [1.54, 1.807) is 14.2 Å². The Labute approximate surface area is 223 Å². The zero-order valence-electron chi connectivity index (χ0n) is 22.6. The van der Waals surface area contributed by atoms with Crippen molar-refractivity contribution in [2.75, 3.05) is 19.5 Å². The average Bonchev–Trinajstić information content (AvgIpc) is 2.93. The summed E-state index contributed by atoms with van der Waals surface area (Å²) in [6.45, 7) is 7.61. The highest BCUT2D eigenvalue weighted by molar-refractivity contribution is 5.70. The molecule has 0 amide bonds. The van der Waals surface area contributed by atoms with Gasteiger partial charge in [0.15, 0.2) is 5.75 Å². The second-order valence-electron chi connectivity index (χ2n) is 10.2. The molecule has 0 spiro atoms. The van der Waals surface area contributed by atoms with Gasteiger partial charge < -0.3 is 19.5 Å². The van der Waals surface area contributed by atoms with Crippen LogP contribution in [0.25, 0.3) is 0 Å². The first kappa shape index (κ1) is 26.9. The molecule has 0 heterocycles. The fourth-order valence-corrected chi connectivity index (χ4v) is 4.27. The summed E-state index contributed by atoms with van der Waals surface area (Å²) in [5.74, 6) is 1.64. The third kappa shape index (κ3) is 6.06. The molecule has 2 N–H and O–H groups in total. The Balaban J connectivity index is 1.67. The van der Waals surface area contributed by atoms with E-state index in [1.807, 2.05) is 87.5 Å². The Morgan fingerprint density at radius 3 is 2.05 bits per heavy atom. The van der Waals surface area contributed by atoms with Gasteiger partial charge in [-0.25, -0.2) is 0 Å².